The number of sulfonamides is 1. The summed E-state index contributed by atoms with van der Waals surface area (Å²) in [6.45, 7) is 3.80. The van der Waals surface area contributed by atoms with E-state index in [1.807, 2.05) is 0 Å². The number of hydrogen-bond acceptors (Lipinski definition) is 4. The Morgan fingerprint density at radius 2 is 1.88 bits per heavy atom. The van der Waals surface area contributed by atoms with Gasteiger partial charge < -0.3 is 10.1 Å². The molecule has 2 rings (SSSR count). The summed E-state index contributed by atoms with van der Waals surface area (Å²) in [6, 6.07) is 8.03. The van der Waals surface area contributed by atoms with Crippen LogP contribution in [0.3, 0.4) is 0 Å². The molecule has 2 N–H and O–H groups in total. The largest absolute Gasteiger partial charge is 0.492 e. The number of carbonyl (C=O) groups is 1. The molecule has 0 fully saturated rings. The summed E-state index contributed by atoms with van der Waals surface area (Å²) in [5.74, 6) is -0.649. The molecular weight excluding hydrogens is 427 g/mol. The monoisotopic (exact) mass is 444 g/mol. The van der Waals surface area contributed by atoms with Crippen LogP contribution >= 0.6 is 15.9 Å². The van der Waals surface area contributed by atoms with Crippen molar-refractivity contribution in [3.8, 4) is 5.75 Å². The second-order valence-electron chi connectivity index (χ2n) is 5.22. The molecule has 0 atom stereocenters. The van der Waals surface area contributed by atoms with Crippen molar-refractivity contribution in [1.82, 2.24) is 0 Å². The molecule has 0 unspecified atom stereocenters. The predicted octanol–water partition coefficient (Wildman–Crippen LogP) is 4.14. The number of anilines is 2. The van der Waals surface area contributed by atoms with E-state index < -0.39 is 15.8 Å². The smallest absolute Gasteiger partial charge is 0.262 e. The van der Waals surface area contributed by atoms with E-state index in [1.165, 1.54) is 30.3 Å². The van der Waals surface area contributed by atoms with Crippen molar-refractivity contribution in [2.24, 2.45) is 0 Å². The van der Waals surface area contributed by atoms with E-state index in [-0.39, 0.29) is 28.6 Å². The van der Waals surface area contributed by atoms with Gasteiger partial charge in [-0.05, 0) is 43.3 Å². The van der Waals surface area contributed by atoms with Gasteiger partial charge in [0.05, 0.1) is 22.9 Å². The zero-order valence-electron chi connectivity index (χ0n) is 14.2. The highest BCUT2D eigenvalue weighted by molar-refractivity contribution is 9.10. The number of benzene rings is 2. The van der Waals surface area contributed by atoms with Gasteiger partial charge in [0.15, 0.2) is 0 Å². The molecule has 9 heteroatoms. The highest BCUT2D eigenvalue weighted by Gasteiger charge is 2.19. The minimum atomic E-state index is -4.06. The molecule has 26 heavy (non-hydrogen) atoms. The summed E-state index contributed by atoms with van der Waals surface area (Å²) >= 11 is 3.11. The van der Waals surface area contributed by atoms with Crippen molar-refractivity contribution >= 4 is 43.2 Å². The molecule has 0 bridgehead atoms. The Hall–Kier alpha value is -2.13. The Labute approximate surface area is 159 Å². The van der Waals surface area contributed by atoms with Crippen LogP contribution < -0.4 is 14.8 Å². The van der Waals surface area contributed by atoms with Crippen molar-refractivity contribution in [2.45, 2.75) is 25.2 Å². The van der Waals surface area contributed by atoms with Crippen LogP contribution in [0.5, 0.6) is 5.75 Å². The molecule has 0 aromatic heterocycles. The molecule has 140 valence electrons. The molecule has 0 heterocycles. The van der Waals surface area contributed by atoms with Gasteiger partial charge in [0.1, 0.15) is 11.6 Å². The molecule has 0 saturated carbocycles. The Balaban J connectivity index is 2.38. The fourth-order valence-electron chi connectivity index (χ4n) is 2.07. The second-order valence-corrected chi connectivity index (χ2v) is 7.82. The number of amides is 1. The standard InChI is InChI=1S/C17H18BrFN2O4S/c1-3-17(22)20-15-10-12(6-8-16(15)25-4-2)26(23,24)21-14-7-5-11(18)9-13(14)19/h5-10,21H,3-4H2,1-2H3,(H,20,22). The van der Waals surface area contributed by atoms with Gasteiger partial charge in [0, 0.05) is 10.9 Å². The van der Waals surface area contributed by atoms with Crippen molar-refractivity contribution < 1.29 is 22.3 Å². The van der Waals surface area contributed by atoms with Crippen LogP contribution in [-0.4, -0.2) is 20.9 Å². The van der Waals surface area contributed by atoms with Crippen LogP contribution in [0.25, 0.3) is 0 Å². The van der Waals surface area contributed by atoms with Gasteiger partial charge in [-0.15, -0.1) is 0 Å². The van der Waals surface area contributed by atoms with Gasteiger partial charge in [-0.3, -0.25) is 9.52 Å². The molecule has 0 saturated heterocycles. The first-order chi connectivity index (χ1) is 12.3. The van der Waals surface area contributed by atoms with Gasteiger partial charge in [0.25, 0.3) is 10.0 Å². The van der Waals surface area contributed by atoms with Crippen LogP contribution in [0.15, 0.2) is 45.8 Å². The van der Waals surface area contributed by atoms with Gasteiger partial charge >= 0.3 is 0 Å². The number of carbonyl (C=O) groups excluding carboxylic acids is 1. The third kappa shape index (κ3) is 4.95. The highest BCUT2D eigenvalue weighted by Crippen LogP contribution is 2.29. The van der Waals surface area contributed by atoms with E-state index in [9.17, 15) is 17.6 Å². The third-order valence-corrected chi connectivity index (χ3v) is 5.19. The summed E-state index contributed by atoms with van der Waals surface area (Å²) in [4.78, 5) is 11.6. The summed E-state index contributed by atoms with van der Waals surface area (Å²) in [6.07, 6.45) is 0.227. The molecule has 0 aliphatic heterocycles. The van der Waals surface area contributed by atoms with E-state index in [2.05, 4.69) is 26.0 Å². The summed E-state index contributed by atoms with van der Waals surface area (Å²) < 4.78 is 47.2. The Kier molecular flexibility index (Phi) is 6.60. The van der Waals surface area contributed by atoms with Crippen molar-refractivity contribution in [3.05, 3.63) is 46.7 Å². The summed E-state index contributed by atoms with van der Waals surface area (Å²) in [7, 11) is -4.06. The van der Waals surface area contributed by atoms with Crippen molar-refractivity contribution in [2.75, 3.05) is 16.6 Å². The number of nitrogens with one attached hydrogen (secondary N) is 2. The summed E-state index contributed by atoms with van der Waals surface area (Å²) in [5.41, 5.74) is 0.0547. The van der Waals surface area contributed by atoms with Gasteiger partial charge in [-0.2, -0.15) is 0 Å². The average Bonchev–Trinajstić information content (AvgIpc) is 2.59. The van der Waals surface area contributed by atoms with Crippen LogP contribution in [0.2, 0.25) is 0 Å². The van der Waals surface area contributed by atoms with Gasteiger partial charge in [0.2, 0.25) is 5.91 Å². The Morgan fingerprint density at radius 1 is 1.15 bits per heavy atom. The molecule has 0 aliphatic rings. The van der Waals surface area contributed by atoms with Crippen molar-refractivity contribution in [3.63, 3.8) is 0 Å². The SMILES string of the molecule is CCOc1ccc(S(=O)(=O)Nc2ccc(Br)cc2F)cc1NC(=O)CC. The maximum Gasteiger partial charge on any atom is 0.262 e. The first kappa shape index (κ1) is 20.2. The lowest BCUT2D eigenvalue weighted by Gasteiger charge is -2.14. The minimum Gasteiger partial charge on any atom is -0.492 e. The molecule has 6 nitrogen and oxygen atoms in total. The van der Waals surface area contributed by atoms with Crippen LogP contribution in [0.1, 0.15) is 20.3 Å². The first-order valence-corrected chi connectivity index (χ1v) is 10.1. The maximum absolute atomic E-state index is 13.9. The molecular formula is C17H18BrFN2O4S. The number of hydrogen-bond donors (Lipinski definition) is 2. The number of ether oxygens (including phenoxy) is 1. The molecule has 2 aromatic rings. The molecule has 1 amide bonds. The van der Waals surface area contributed by atoms with E-state index in [4.69, 9.17) is 4.74 Å². The van der Waals surface area contributed by atoms with Crippen LogP contribution in [0, 0.1) is 5.82 Å². The lowest BCUT2D eigenvalue weighted by atomic mass is 10.3. The first-order valence-electron chi connectivity index (χ1n) is 7.81. The second kappa shape index (κ2) is 8.50. The third-order valence-electron chi connectivity index (χ3n) is 3.33. The van der Waals surface area contributed by atoms with Crippen LogP contribution in [-0.2, 0) is 14.8 Å². The quantitative estimate of drug-likeness (QED) is 0.671. The zero-order chi connectivity index (χ0) is 19.3. The van der Waals surface area contributed by atoms with Gasteiger partial charge in [-0.1, -0.05) is 22.9 Å². The number of halogens is 2. The average molecular weight is 445 g/mol. The fourth-order valence-corrected chi connectivity index (χ4v) is 3.50. The fraction of sp³-hybridized carbons (Fsp3) is 0.235. The minimum absolute atomic E-state index is 0.130. The van der Waals surface area contributed by atoms with E-state index in [0.29, 0.717) is 16.8 Å². The Bertz CT molecular complexity index is 919. The maximum atomic E-state index is 13.9. The lowest BCUT2D eigenvalue weighted by molar-refractivity contribution is -0.115. The normalized spacial score (nSPS) is 11.1. The molecule has 0 spiro atoms. The molecule has 0 aliphatic carbocycles. The number of rotatable bonds is 7. The van der Waals surface area contributed by atoms with Gasteiger partial charge in [-0.25, -0.2) is 12.8 Å². The molecule has 2 aromatic carbocycles. The highest BCUT2D eigenvalue weighted by atomic mass is 79.9. The predicted molar refractivity (Wildman–Crippen MR) is 101 cm³/mol. The Morgan fingerprint density at radius 3 is 2.50 bits per heavy atom. The van der Waals surface area contributed by atoms with Crippen LogP contribution in [0.4, 0.5) is 15.8 Å². The lowest BCUT2D eigenvalue weighted by Crippen LogP contribution is -2.16. The van der Waals surface area contributed by atoms with E-state index >= 15 is 0 Å². The zero-order valence-corrected chi connectivity index (χ0v) is 16.6. The topological polar surface area (TPSA) is 84.5 Å². The molecule has 0 radical (unpaired) electrons. The van der Waals surface area contributed by atoms with E-state index in [1.54, 1.807) is 13.8 Å². The van der Waals surface area contributed by atoms with E-state index in [0.717, 1.165) is 6.07 Å². The van der Waals surface area contributed by atoms with Crippen molar-refractivity contribution in [1.29, 1.82) is 0 Å². The summed E-state index contributed by atoms with van der Waals surface area (Å²) in [5, 5.41) is 2.60.